The number of phenols is 1. The lowest BCUT2D eigenvalue weighted by molar-refractivity contribution is -0.180. The topological polar surface area (TPSA) is 301 Å². The molecule has 2 aliphatic carbocycles. The van der Waals surface area contributed by atoms with Gasteiger partial charge in [0.1, 0.15) is 11.9 Å². The average Bonchev–Trinajstić information content (AvgIpc) is 3.43. The van der Waals surface area contributed by atoms with Crippen molar-refractivity contribution in [1.82, 2.24) is 4.90 Å². The summed E-state index contributed by atoms with van der Waals surface area (Å²) in [5.74, 6) is -13.0. The molecule has 1 saturated heterocycles. The predicted molar refractivity (Wildman–Crippen MR) is 165 cm³/mol. The van der Waals surface area contributed by atoms with Gasteiger partial charge in [-0.05, 0) is 51.1 Å². The first kappa shape index (κ1) is 38.1. The molecule has 282 valence electrons. The SMILES string of the molecule is C[C@H](OC(=O)[C@H](CC(=O)OC1=CC[C@@]2(O)[C@H]3Cc4ccc(O)c5c4[C@@]2(CCN3C)[C@H]1O5)CC(=O)[C@H](O)[C@@H](O)C(=O)O)C(=O)O[C@@H](CC(=O)O)C(=O)O. The van der Waals surface area contributed by atoms with Crippen molar-refractivity contribution >= 4 is 41.6 Å². The fourth-order valence-corrected chi connectivity index (χ4v) is 7.62. The molecule has 0 aromatic heterocycles. The molecule has 2 heterocycles. The number of piperidine rings is 1. The second-order valence-corrected chi connectivity index (χ2v) is 13.3. The molecule has 19 nitrogen and oxygen atoms in total. The number of carboxylic acid groups (broad SMARTS) is 3. The Bertz CT molecular complexity index is 1740. The van der Waals surface area contributed by atoms with Crippen LogP contribution >= 0.6 is 0 Å². The molecule has 4 aliphatic rings. The number of carbonyl (C=O) groups is 7. The first-order valence-electron chi connectivity index (χ1n) is 16.1. The minimum Gasteiger partial charge on any atom is -0.504 e. The Morgan fingerprint density at radius 3 is 2.29 bits per heavy atom. The van der Waals surface area contributed by atoms with Crippen LogP contribution in [0.25, 0.3) is 0 Å². The van der Waals surface area contributed by atoms with Crippen molar-refractivity contribution < 1.29 is 88.3 Å². The van der Waals surface area contributed by atoms with Crippen LogP contribution < -0.4 is 4.74 Å². The van der Waals surface area contributed by atoms with Gasteiger partial charge in [0, 0.05) is 24.4 Å². The summed E-state index contributed by atoms with van der Waals surface area (Å²) < 4.78 is 21.5. The summed E-state index contributed by atoms with van der Waals surface area (Å²) in [4.78, 5) is 87.4. The highest BCUT2D eigenvalue weighted by atomic mass is 16.6. The molecule has 2 bridgehead atoms. The molecule has 52 heavy (non-hydrogen) atoms. The lowest BCUT2D eigenvalue weighted by atomic mass is 9.50. The van der Waals surface area contributed by atoms with E-state index in [9.17, 15) is 54.0 Å². The number of aliphatic hydroxyl groups is 3. The van der Waals surface area contributed by atoms with E-state index in [4.69, 9.17) is 29.5 Å². The Morgan fingerprint density at radius 2 is 1.65 bits per heavy atom. The minimum absolute atomic E-state index is 0.00107. The van der Waals surface area contributed by atoms with Gasteiger partial charge in [-0.15, -0.1) is 0 Å². The molecule has 2 aliphatic heterocycles. The zero-order valence-corrected chi connectivity index (χ0v) is 27.8. The van der Waals surface area contributed by atoms with Gasteiger partial charge < -0.3 is 59.6 Å². The van der Waals surface area contributed by atoms with Crippen LogP contribution in [0.2, 0.25) is 0 Å². The molecule has 1 fully saturated rings. The standard InChI is InChI=1S/C33H37NO18/c1-13(30(46)51-19(28(42)43)12-21(37)38)49-31(47)15(9-17(36)24(40)25(41)29(44)45)11-22(39)50-18-5-6-33(48)20-10-14-3-4-16(35)26-23(14)32(33,27(18)52-26)7-8-34(20)2/h3-5,13,15,19-20,24-25,27,35,40-41,48H,6-12H2,1-2H3,(H,37,38)(H,42,43)(H,44,45)/t13-,15-,19-,20+,24-,25+,27-,32-,33+/m0/s1. The van der Waals surface area contributed by atoms with Crippen molar-refractivity contribution in [3.8, 4) is 11.5 Å². The first-order chi connectivity index (χ1) is 24.3. The fraction of sp³-hybridized carbons (Fsp3) is 0.545. The Kier molecular flexibility index (Phi) is 10.4. The number of likely N-dealkylation sites (N-methyl/N-ethyl adjacent to an activating group) is 1. The maximum Gasteiger partial charge on any atom is 0.348 e. The van der Waals surface area contributed by atoms with Crippen LogP contribution in [-0.4, -0.2) is 138 Å². The highest BCUT2D eigenvalue weighted by Crippen LogP contribution is 2.65. The smallest absolute Gasteiger partial charge is 0.348 e. The van der Waals surface area contributed by atoms with Crippen LogP contribution in [0.4, 0.5) is 0 Å². The fourth-order valence-electron chi connectivity index (χ4n) is 7.62. The summed E-state index contributed by atoms with van der Waals surface area (Å²) in [7, 11) is 1.87. The number of likely N-dealkylation sites (tertiary alicyclic amines) is 1. The molecule has 7 N–H and O–H groups in total. The number of aliphatic carboxylic acids is 3. The number of Topliss-reactive ketones (excluding diaryl/α,β-unsaturated/α-hetero) is 1. The van der Waals surface area contributed by atoms with Crippen molar-refractivity contribution in [2.75, 3.05) is 13.6 Å². The number of aromatic hydroxyl groups is 1. The number of rotatable bonds is 15. The Balaban J connectivity index is 1.37. The molecular weight excluding hydrogens is 698 g/mol. The van der Waals surface area contributed by atoms with Crippen LogP contribution in [0.5, 0.6) is 11.5 Å². The van der Waals surface area contributed by atoms with Crippen LogP contribution in [0.3, 0.4) is 0 Å². The number of carbonyl (C=O) groups excluding carboxylic acids is 4. The van der Waals surface area contributed by atoms with Crippen molar-refractivity contribution in [3.63, 3.8) is 0 Å². The highest BCUT2D eigenvalue weighted by Gasteiger charge is 2.72. The molecule has 1 aromatic carbocycles. The van der Waals surface area contributed by atoms with Crippen LogP contribution in [0, 0.1) is 5.92 Å². The third kappa shape index (κ3) is 6.55. The van der Waals surface area contributed by atoms with Gasteiger partial charge in [-0.25, -0.2) is 14.4 Å². The van der Waals surface area contributed by atoms with Gasteiger partial charge in [-0.2, -0.15) is 0 Å². The van der Waals surface area contributed by atoms with Gasteiger partial charge in [-0.3, -0.25) is 19.2 Å². The van der Waals surface area contributed by atoms with Gasteiger partial charge in [0.05, 0.1) is 29.8 Å². The lowest BCUT2D eigenvalue weighted by Gasteiger charge is -2.61. The van der Waals surface area contributed by atoms with E-state index >= 15 is 0 Å². The molecule has 9 atom stereocenters. The van der Waals surface area contributed by atoms with E-state index in [0.29, 0.717) is 24.9 Å². The van der Waals surface area contributed by atoms with E-state index in [1.807, 2.05) is 11.9 Å². The Morgan fingerprint density at radius 1 is 0.962 bits per heavy atom. The second kappa shape index (κ2) is 14.1. The number of carboxylic acids is 3. The number of ketones is 1. The van der Waals surface area contributed by atoms with Gasteiger partial charge in [0.2, 0.25) is 6.10 Å². The Labute approximate surface area is 293 Å². The predicted octanol–water partition coefficient (Wildman–Crippen LogP) is -1.61. The van der Waals surface area contributed by atoms with Crippen LogP contribution in [0.15, 0.2) is 24.0 Å². The van der Waals surface area contributed by atoms with Crippen LogP contribution in [-0.2, 0) is 59.6 Å². The van der Waals surface area contributed by atoms with Crippen molar-refractivity contribution in [1.29, 1.82) is 0 Å². The quantitative estimate of drug-likeness (QED) is 0.0787. The number of hydrogen-bond acceptors (Lipinski definition) is 16. The maximum atomic E-state index is 13.5. The molecule has 1 aromatic rings. The number of aliphatic hydroxyl groups excluding tert-OH is 2. The summed E-state index contributed by atoms with van der Waals surface area (Å²) in [5.41, 5.74) is -1.12. The van der Waals surface area contributed by atoms with E-state index in [1.165, 1.54) is 12.1 Å². The van der Waals surface area contributed by atoms with E-state index < -0.39 is 108 Å². The summed E-state index contributed by atoms with van der Waals surface area (Å²) in [6.07, 6.45) is -11.3. The van der Waals surface area contributed by atoms with Crippen molar-refractivity contribution in [3.05, 3.63) is 35.1 Å². The molecule has 0 amide bonds. The van der Waals surface area contributed by atoms with Gasteiger partial charge in [0.25, 0.3) is 0 Å². The second-order valence-electron chi connectivity index (χ2n) is 13.3. The number of ether oxygens (including phenoxy) is 4. The number of benzene rings is 1. The molecule has 19 heteroatoms. The van der Waals surface area contributed by atoms with Gasteiger partial charge >= 0.3 is 35.8 Å². The van der Waals surface area contributed by atoms with E-state index in [-0.39, 0.29) is 29.7 Å². The zero-order valence-electron chi connectivity index (χ0n) is 27.8. The third-order valence-electron chi connectivity index (χ3n) is 10.2. The van der Waals surface area contributed by atoms with E-state index in [0.717, 1.165) is 12.5 Å². The number of esters is 3. The monoisotopic (exact) mass is 735 g/mol. The summed E-state index contributed by atoms with van der Waals surface area (Å²) in [6.45, 7) is 1.44. The summed E-state index contributed by atoms with van der Waals surface area (Å²) in [6, 6.07) is 2.85. The van der Waals surface area contributed by atoms with E-state index in [2.05, 4.69) is 4.74 Å². The van der Waals surface area contributed by atoms with Crippen LogP contribution in [0.1, 0.15) is 50.2 Å². The number of phenolic OH excluding ortho intramolecular Hbond substituents is 1. The molecule has 0 radical (unpaired) electrons. The molecule has 5 rings (SSSR count). The largest absolute Gasteiger partial charge is 0.504 e. The Hall–Kier alpha value is -5.11. The molecule has 1 spiro atoms. The van der Waals surface area contributed by atoms with Gasteiger partial charge in [-0.1, -0.05) is 6.07 Å². The third-order valence-corrected chi connectivity index (χ3v) is 10.2. The summed E-state index contributed by atoms with van der Waals surface area (Å²) >= 11 is 0. The first-order valence-corrected chi connectivity index (χ1v) is 16.1. The van der Waals surface area contributed by atoms with Crippen molar-refractivity contribution in [2.24, 2.45) is 5.92 Å². The molecule has 0 unspecified atom stereocenters. The maximum absolute atomic E-state index is 13.5. The summed E-state index contributed by atoms with van der Waals surface area (Å²) in [5, 5.41) is 69.8. The number of hydrogen-bond donors (Lipinski definition) is 7. The molecular formula is C33H37NO18. The number of nitrogens with zero attached hydrogens (tertiary/aromatic N) is 1. The van der Waals surface area contributed by atoms with Crippen molar-refractivity contribution in [2.45, 2.75) is 93.0 Å². The average molecular weight is 736 g/mol. The van der Waals surface area contributed by atoms with Gasteiger partial charge in [0.15, 0.2) is 35.6 Å². The zero-order chi connectivity index (χ0) is 38.4. The minimum atomic E-state index is -2.60. The lowest BCUT2D eigenvalue weighted by Crippen LogP contribution is -2.74. The van der Waals surface area contributed by atoms with E-state index in [1.54, 1.807) is 6.07 Å². The normalized spacial score (nSPS) is 26.9. The highest BCUT2D eigenvalue weighted by molar-refractivity contribution is 5.93. The molecule has 0 saturated carbocycles.